The fourth-order valence-electron chi connectivity index (χ4n) is 8.69. The Hall–Kier alpha value is -2.36. The van der Waals surface area contributed by atoms with Crippen molar-refractivity contribution in [1.29, 1.82) is 0 Å². The average molecular weight is 699 g/mol. The van der Waals surface area contributed by atoms with Crippen LogP contribution in [0.1, 0.15) is 81.1 Å². The van der Waals surface area contributed by atoms with Crippen LogP contribution in [0, 0.1) is 29.6 Å². The molecule has 14 nitrogen and oxygen atoms in total. The largest absolute Gasteiger partial charge is 0.465 e. The number of fused-ring (bicyclic) bond motifs is 4. The van der Waals surface area contributed by atoms with E-state index in [9.17, 15) is 29.4 Å². The molecule has 280 valence electrons. The fourth-order valence-corrected chi connectivity index (χ4v) is 8.69. The van der Waals surface area contributed by atoms with Gasteiger partial charge in [0.2, 0.25) is 0 Å². The van der Waals surface area contributed by atoms with Gasteiger partial charge in [0.1, 0.15) is 23.6 Å². The molecule has 0 spiro atoms. The first-order valence-electron chi connectivity index (χ1n) is 17.7. The zero-order chi connectivity index (χ0) is 36.6. The molecule has 1 unspecified atom stereocenters. The lowest BCUT2D eigenvalue weighted by molar-refractivity contribution is -0.302. The summed E-state index contributed by atoms with van der Waals surface area (Å²) in [4.78, 5) is 54.8. The number of rotatable bonds is 5. The maximum Gasteiger partial charge on any atom is 0.405 e. The molecule has 0 aromatic rings. The Bertz CT molecular complexity index is 1220. The highest BCUT2D eigenvalue weighted by molar-refractivity contribution is 5.85. The van der Waals surface area contributed by atoms with E-state index in [1.54, 1.807) is 34.6 Å². The van der Waals surface area contributed by atoms with Crippen molar-refractivity contribution in [3.63, 3.8) is 0 Å². The van der Waals surface area contributed by atoms with Gasteiger partial charge in [-0.1, -0.05) is 27.7 Å². The standard InChI is InChI=1S/C35H58N2O12/c1-11-25-35(8)23(13-26(38)49-35)19(4)27(39)17(2)14-34(7)30(48-32-28(40)24(37(9)10)12-18(3)46-32)20(5)29(21(6)31(41)47-25)44-15-22(16-45-34)36-33(42)43/h17-25,28-30,32,36,40H,11-16H2,1-10H3,(H,42,43)/t17-,18-,19-,20+,21-,22?,23+,24+,25-,28-,29+,30-,32+,34-,35+/m1/s1. The summed E-state index contributed by atoms with van der Waals surface area (Å²) in [6, 6.07) is -1.08. The molecule has 0 aromatic carbocycles. The molecule has 4 rings (SSSR count). The molecule has 49 heavy (non-hydrogen) atoms. The van der Waals surface area contributed by atoms with Crippen LogP contribution in [0.25, 0.3) is 0 Å². The van der Waals surface area contributed by atoms with Crippen molar-refractivity contribution in [2.75, 3.05) is 27.3 Å². The summed E-state index contributed by atoms with van der Waals surface area (Å²) in [5, 5.41) is 23.6. The lowest BCUT2D eigenvalue weighted by Gasteiger charge is -2.48. The van der Waals surface area contributed by atoms with Gasteiger partial charge in [-0.2, -0.15) is 0 Å². The second-order valence-corrected chi connectivity index (χ2v) is 15.4. The number of hydrogen-bond donors (Lipinski definition) is 3. The number of aliphatic hydroxyl groups is 1. The Balaban J connectivity index is 1.86. The number of aliphatic hydroxyl groups excluding tert-OH is 1. The van der Waals surface area contributed by atoms with Crippen molar-refractivity contribution >= 4 is 23.8 Å². The van der Waals surface area contributed by atoms with Crippen molar-refractivity contribution < 1.29 is 57.8 Å². The normalized spacial score (nSPS) is 45.7. The van der Waals surface area contributed by atoms with Crippen molar-refractivity contribution in [1.82, 2.24) is 10.2 Å². The Morgan fingerprint density at radius 3 is 2.35 bits per heavy atom. The van der Waals surface area contributed by atoms with E-state index < -0.39 is 95.6 Å². The molecule has 0 saturated carbocycles. The first-order valence-corrected chi connectivity index (χ1v) is 17.7. The number of nitrogens with one attached hydrogen (secondary N) is 1. The van der Waals surface area contributed by atoms with Crippen molar-refractivity contribution in [2.45, 2.75) is 141 Å². The zero-order valence-electron chi connectivity index (χ0n) is 30.7. The number of Topliss-reactive ketones (excluding diaryl/α,β-unsaturated/α-hetero) is 1. The SMILES string of the molecule is CC[C@H]1OC(=O)[C@H](C)[C@H]2OCC(NC(=O)O)CO[C@](C)(C[C@@H](C)C(=O)[C@H](C)[C@@H]3CC(=O)O[C@]13C)[C@H](O[C@@H]1O[C@H](C)C[C@H](N(C)C)[C@H]1O)[C@H]2C. The third-order valence-electron chi connectivity index (χ3n) is 11.4. The van der Waals surface area contributed by atoms with Gasteiger partial charge in [0.15, 0.2) is 6.29 Å². The van der Waals surface area contributed by atoms with E-state index in [0.717, 1.165) is 0 Å². The van der Waals surface area contributed by atoms with Gasteiger partial charge < -0.3 is 48.9 Å². The van der Waals surface area contributed by atoms with E-state index in [-0.39, 0.29) is 44.0 Å². The number of amides is 1. The lowest BCUT2D eigenvalue weighted by atomic mass is 9.70. The molecule has 4 heterocycles. The minimum Gasteiger partial charge on any atom is -0.465 e. The third-order valence-corrected chi connectivity index (χ3v) is 11.4. The molecule has 15 atom stereocenters. The Labute approximate surface area is 289 Å². The molecule has 0 aromatic heterocycles. The number of cyclic esters (lactones) is 1. The molecule has 4 aliphatic rings. The van der Waals surface area contributed by atoms with Crippen LogP contribution in [-0.2, 0) is 42.8 Å². The van der Waals surface area contributed by atoms with E-state index in [2.05, 4.69) is 5.32 Å². The first-order chi connectivity index (χ1) is 22.8. The molecule has 2 bridgehead atoms. The summed E-state index contributed by atoms with van der Waals surface area (Å²) < 4.78 is 38.0. The molecule has 14 heteroatoms. The van der Waals surface area contributed by atoms with Gasteiger partial charge in [0.25, 0.3) is 0 Å². The Morgan fingerprint density at radius 1 is 1.06 bits per heavy atom. The molecular weight excluding hydrogens is 640 g/mol. The third kappa shape index (κ3) is 8.25. The fraction of sp³-hybridized carbons (Fsp3) is 0.886. The number of esters is 2. The summed E-state index contributed by atoms with van der Waals surface area (Å²) in [5.74, 6) is -4.51. The molecule has 0 aliphatic carbocycles. The Kier molecular flexibility index (Phi) is 12.5. The zero-order valence-corrected chi connectivity index (χ0v) is 30.7. The molecule has 0 radical (unpaired) electrons. The summed E-state index contributed by atoms with van der Waals surface area (Å²) in [6.45, 7) is 14.1. The van der Waals surface area contributed by atoms with Gasteiger partial charge in [-0.15, -0.1) is 0 Å². The number of likely N-dealkylation sites (N-methyl/N-ethyl adjacent to an activating group) is 1. The van der Waals surface area contributed by atoms with Crippen molar-refractivity contribution in [3.05, 3.63) is 0 Å². The van der Waals surface area contributed by atoms with Crippen LogP contribution >= 0.6 is 0 Å². The average Bonchev–Trinajstić information content (AvgIpc) is 3.35. The van der Waals surface area contributed by atoms with E-state index in [1.807, 2.05) is 39.8 Å². The van der Waals surface area contributed by atoms with Gasteiger partial charge in [-0.05, 0) is 61.1 Å². The smallest absolute Gasteiger partial charge is 0.405 e. The van der Waals surface area contributed by atoms with Gasteiger partial charge in [0, 0.05) is 29.7 Å². The predicted octanol–water partition coefficient (Wildman–Crippen LogP) is 2.77. The van der Waals surface area contributed by atoms with Crippen LogP contribution in [0.3, 0.4) is 0 Å². The van der Waals surface area contributed by atoms with E-state index >= 15 is 0 Å². The number of nitrogens with zero attached hydrogens (tertiary/aromatic N) is 1. The topological polar surface area (TPSA) is 179 Å². The predicted molar refractivity (Wildman–Crippen MR) is 175 cm³/mol. The molecule has 3 N–H and O–H groups in total. The number of carboxylic acid groups (broad SMARTS) is 1. The van der Waals surface area contributed by atoms with Crippen LogP contribution in [0.5, 0.6) is 0 Å². The maximum absolute atomic E-state index is 14.3. The maximum atomic E-state index is 14.3. The number of ether oxygens (including phenoxy) is 6. The highest BCUT2D eigenvalue weighted by Crippen LogP contribution is 2.46. The van der Waals surface area contributed by atoms with Crippen LogP contribution in [0.2, 0.25) is 0 Å². The van der Waals surface area contributed by atoms with Gasteiger partial charge >= 0.3 is 18.0 Å². The Morgan fingerprint density at radius 2 is 1.73 bits per heavy atom. The summed E-state index contributed by atoms with van der Waals surface area (Å²) >= 11 is 0. The van der Waals surface area contributed by atoms with Gasteiger partial charge in [-0.3, -0.25) is 14.4 Å². The molecule has 1 amide bonds. The van der Waals surface area contributed by atoms with Crippen LogP contribution in [0.15, 0.2) is 0 Å². The van der Waals surface area contributed by atoms with Crippen molar-refractivity contribution in [2.24, 2.45) is 29.6 Å². The number of carbonyl (C=O) groups excluding carboxylic acids is 3. The minimum absolute atomic E-state index is 0.00662. The highest BCUT2D eigenvalue weighted by atomic mass is 16.7. The quantitative estimate of drug-likeness (QED) is 0.357. The second-order valence-electron chi connectivity index (χ2n) is 15.4. The lowest BCUT2D eigenvalue weighted by Crippen LogP contribution is -2.60. The summed E-state index contributed by atoms with van der Waals surface area (Å²) in [5.41, 5.74) is -2.51. The first kappa shape index (κ1) is 39.4. The van der Waals surface area contributed by atoms with E-state index in [1.165, 1.54) is 0 Å². The van der Waals surface area contributed by atoms with Crippen LogP contribution in [0.4, 0.5) is 4.79 Å². The number of carbonyl (C=O) groups is 4. The van der Waals surface area contributed by atoms with Crippen LogP contribution < -0.4 is 5.32 Å². The molecule has 4 fully saturated rings. The molecule has 4 saturated heterocycles. The highest BCUT2D eigenvalue weighted by Gasteiger charge is 2.57. The van der Waals surface area contributed by atoms with E-state index in [0.29, 0.717) is 12.8 Å². The van der Waals surface area contributed by atoms with Gasteiger partial charge in [-0.25, -0.2) is 4.79 Å². The second kappa shape index (κ2) is 15.5. The summed E-state index contributed by atoms with van der Waals surface area (Å²) in [6.07, 6.45) is -5.22. The van der Waals surface area contributed by atoms with Gasteiger partial charge in [0.05, 0.1) is 55.5 Å². The van der Waals surface area contributed by atoms with E-state index in [4.69, 9.17) is 28.4 Å². The minimum atomic E-state index is -1.28. The van der Waals surface area contributed by atoms with Crippen molar-refractivity contribution in [3.8, 4) is 0 Å². The number of hydrogen-bond acceptors (Lipinski definition) is 12. The monoisotopic (exact) mass is 698 g/mol. The van der Waals surface area contributed by atoms with Crippen LogP contribution in [-0.4, -0.2) is 126 Å². The molecule has 4 aliphatic heterocycles. The summed E-state index contributed by atoms with van der Waals surface area (Å²) in [7, 11) is 3.75. The number of ketones is 1. The molecular formula is C35H58N2O12.